The number of aliphatic imine (C=N–C) groups is 1. The van der Waals surface area contributed by atoms with Gasteiger partial charge in [-0.1, -0.05) is 30.3 Å². The molecule has 0 aromatic heterocycles. The minimum Gasteiger partial charge on any atom is -0.356 e. The highest BCUT2D eigenvalue weighted by molar-refractivity contribution is 14.0. The first-order valence-corrected chi connectivity index (χ1v) is 10.4. The Morgan fingerprint density at radius 1 is 1.20 bits per heavy atom. The van der Waals surface area contributed by atoms with E-state index in [0.717, 1.165) is 31.9 Å². The van der Waals surface area contributed by atoms with Crippen LogP contribution in [0.1, 0.15) is 25.3 Å². The van der Waals surface area contributed by atoms with E-state index >= 15 is 0 Å². The topological polar surface area (TPSA) is 42.9 Å². The van der Waals surface area contributed by atoms with Gasteiger partial charge in [0.15, 0.2) is 5.96 Å². The zero-order valence-electron chi connectivity index (χ0n) is 17.7. The molecule has 0 bridgehead atoms. The van der Waals surface area contributed by atoms with Gasteiger partial charge in [-0.3, -0.25) is 14.8 Å². The van der Waals surface area contributed by atoms with E-state index in [4.69, 9.17) is 0 Å². The van der Waals surface area contributed by atoms with Crippen molar-refractivity contribution in [1.29, 1.82) is 0 Å². The van der Waals surface area contributed by atoms with Gasteiger partial charge in [0.05, 0.1) is 6.54 Å². The zero-order chi connectivity index (χ0) is 20.9. The summed E-state index contributed by atoms with van der Waals surface area (Å²) in [4.78, 5) is 8.26. The van der Waals surface area contributed by atoms with E-state index in [1.807, 2.05) is 6.07 Å². The molecule has 2 aliphatic heterocycles. The number of guanidine groups is 1. The van der Waals surface area contributed by atoms with Crippen LogP contribution >= 0.6 is 24.0 Å². The van der Waals surface area contributed by atoms with Crippen LogP contribution in [0.3, 0.4) is 0 Å². The average Bonchev–Trinajstić information content (AvgIpc) is 3.24. The summed E-state index contributed by atoms with van der Waals surface area (Å²) in [6.07, 6.45) is -2.30. The van der Waals surface area contributed by atoms with Gasteiger partial charge in [0, 0.05) is 45.3 Å². The Balaban J connectivity index is 0.00000320. The molecule has 2 N–H and O–H groups in total. The highest BCUT2D eigenvalue weighted by Gasteiger charge is 2.34. The number of benzene rings is 1. The third-order valence-electron chi connectivity index (χ3n) is 5.83. The fourth-order valence-corrected chi connectivity index (χ4v) is 4.35. The second-order valence-electron chi connectivity index (χ2n) is 8.30. The van der Waals surface area contributed by atoms with Crippen molar-refractivity contribution < 1.29 is 13.2 Å². The number of nitrogens with one attached hydrogen (secondary N) is 2. The highest BCUT2D eigenvalue weighted by Crippen LogP contribution is 2.23. The predicted molar refractivity (Wildman–Crippen MR) is 125 cm³/mol. The molecule has 170 valence electrons. The zero-order valence-corrected chi connectivity index (χ0v) is 20.0. The van der Waals surface area contributed by atoms with Crippen LogP contribution in [0.2, 0.25) is 0 Å². The van der Waals surface area contributed by atoms with Gasteiger partial charge in [0.2, 0.25) is 0 Å². The van der Waals surface area contributed by atoms with Gasteiger partial charge in [0.1, 0.15) is 0 Å². The van der Waals surface area contributed by atoms with E-state index in [1.54, 1.807) is 7.05 Å². The molecule has 3 atom stereocenters. The molecular weight excluding hydrogens is 506 g/mol. The van der Waals surface area contributed by atoms with Gasteiger partial charge in [-0.15, -0.1) is 24.0 Å². The van der Waals surface area contributed by atoms with Gasteiger partial charge in [-0.2, -0.15) is 13.2 Å². The molecule has 2 fully saturated rings. The fourth-order valence-electron chi connectivity index (χ4n) is 4.35. The van der Waals surface area contributed by atoms with Crippen molar-refractivity contribution >= 4 is 29.9 Å². The average molecular weight is 539 g/mol. The van der Waals surface area contributed by atoms with Crippen molar-refractivity contribution in [2.24, 2.45) is 10.9 Å². The minimum atomic E-state index is -4.12. The summed E-state index contributed by atoms with van der Waals surface area (Å²) in [6.45, 7) is 4.94. The smallest absolute Gasteiger partial charge is 0.356 e. The molecule has 1 aromatic rings. The molecule has 2 heterocycles. The van der Waals surface area contributed by atoms with Crippen LogP contribution in [0.4, 0.5) is 13.2 Å². The lowest BCUT2D eigenvalue weighted by Gasteiger charge is -2.21. The van der Waals surface area contributed by atoms with Crippen molar-refractivity contribution in [3.8, 4) is 0 Å². The summed E-state index contributed by atoms with van der Waals surface area (Å²) in [5, 5.41) is 6.80. The molecule has 3 unspecified atom stereocenters. The first kappa shape index (κ1) is 25.2. The number of halogens is 4. The van der Waals surface area contributed by atoms with Gasteiger partial charge in [-0.05, 0) is 37.8 Å². The summed E-state index contributed by atoms with van der Waals surface area (Å²) >= 11 is 0. The number of hydrogen-bond donors (Lipinski definition) is 2. The quantitative estimate of drug-likeness (QED) is 0.331. The SMILES string of the molecule is CN=C(NCC1CCN(CC(F)(F)F)C1)NC1CC(C)N(Cc2ccccc2)C1.I. The van der Waals surface area contributed by atoms with Crippen LogP contribution in [0.15, 0.2) is 35.3 Å². The Morgan fingerprint density at radius 3 is 2.60 bits per heavy atom. The van der Waals surface area contributed by atoms with Crippen molar-refractivity contribution in [3.63, 3.8) is 0 Å². The van der Waals surface area contributed by atoms with Crippen molar-refractivity contribution in [1.82, 2.24) is 20.4 Å². The second kappa shape index (κ2) is 11.5. The normalized spacial score (nSPS) is 25.9. The molecule has 2 aliphatic rings. The van der Waals surface area contributed by atoms with Crippen LogP contribution in [-0.4, -0.2) is 73.8 Å². The van der Waals surface area contributed by atoms with Gasteiger partial charge in [0.25, 0.3) is 0 Å². The molecule has 2 saturated heterocycles. The Labute approximate surface area is 194 Å². The summed E-state index contributed by atoms with van der Waals surface area (Å²) < 4.78 is 37.6. The third-order valence-corrected chi connectivity index (χ3v) is 5.83. The Hall–Kier alpha value is -1.07. The van der Waals surface area contributed by atoms with Crippen molar-refractivity contribution in [2.45, 2.75) is 44.6 Å². The maximum atomic E-state index is 12.5. The summed E-state index contributed by atoms with van der Waals surface area (Å²) in [6, 6.07) is 11.3. The van der Waals surface area contributed by atoms with Crippen LogP contribution in [0.25, 0.3) is 0 Å². The number of alkyl halides is 3. The van der Waals surface area contributed by atoms with Gasteiger partial charge < -0.3 is 10.6 Å². The molecule has 0 saturated carbocycles. The van der Waals surface area contributed by atoms with Gasteiger partial charge in [-0.25, -0.2) is 0 Å². The molecule has 1 aromatic carbocycles. The molecule has 30 heavy (non-hydrogen) atoms. The van der Waals surface area contributed by atoms with Gasteiger partial charge >= 0.3 is 6.18 Å². The highest BCUT2D eigenvalue weighted by atomic mass is 127. The van der Waals surface area contributed by atoms with Crippen LogP contribution in [0, 0.1) is 5.92 Å². The lowest BCUT2D eigenvalue weighted by Crippen LogP contribution is -2.46. The number of likely N-dealkylation sites (tertiary alicyclic amines) is 2. The minimum absolute atomic E-state index is 0. The van der Waals surface area contributed by atoms with Crippen molar-refractivity contribution in [3.05, 3.63) is 35.9 Å². The molecule has 5 nitrogen and oxygen atoms in total. The van der Waals surface area contributed by atoms with Crippen LogP contribution in [-0.2, 0) is 6.54 Å². The second-order valence-corrected chi connectivity index (χ2v) is 8.30. The first-order chi connectivity index (χ1) is 13.8. The summed E-state index contributed by atoms with van der Waals surface area (Å²) in [7, 11) is 1.74. The largest absolute Gasteiger partial charge is 0.401 e. The molecule has 0 spiro atoms. The molecule has 3 rings (SSSR count). The van der Waals surface area contributed by atoms with E-state index in [0.29, 0.717) is 31.7 Å². The van der Waals surface area contributed by atoms with E-state index < -0.39 is 12.7 Å². The molecule has 0 amide bonds. The monoisotopic (exact) mass is 539 g/mol. The standard InChI is InChI=1S/C21H32F3N5.HI/c1-16-10-19(14-29(16)13-17-6-4-3-5-7-17)27-20(25-2)26-11-18-8-9-28(12-18)15-21(22,23)24;/h3-7,16,18-19H,8-15H2,1-2H3,(H2,25,26,27);1H. The number of hydrogen-bond acceptors (Lipinski definition) is 3. The Morgan fingerprint density at radius 2 is 1.93 bits per heavy atom. The summed E-state index contributed by atoms with van der Waals surface area (Å²) in [5.74, 6) is 0.950. The number of rotatable bonds is 6. The van der Waals surface area contributed by atoms with E-state index in [9.17, 15) is 13.2 Å². The molecule has 0 aliphatic carbocycles. The Kier molecular flexibility index (Phi) is 9.67. The fraction of sp³-hybridized carbons (Fsp3) is 0.667. The molecule has 9 heteroatoms. The van der Waals surface area contributed by atoms with E-state index in [2.05, 4.69) is 51.7 Å². The summed E-state index contributed by atoms with van der Waals surface area (Å²) in [5.41, 5.74) is 1.31. The lowest BCUT2D eigenvalue weighted by molar-refractivity contribution is -0.143. The third kappa shape index (κ3) is 7.88. The van der Waals surface area contributed by atoms with Crippen molar-refractivity contribution in [2.75, 3.05) is 39.8 Å². The van der Waals surface area contributed by atoms with Crippen LogP contribution < -0.4 is 10.6 Å². The predicted octanol–water partition coefficient (Wildman–Crippen LogP) is 3.32. The van der Waals surface area contributed by atoms with E-state index in [-0.39, 0.29) is 29.9 Å². The maximum absolute atomic E-state index is 12.5. The van der Waals surface area contributed by atoms with Crippen LogP contribution in [0.5, 0.6) is 0 Å². The lowest BCUT2D eigenvalue weighted by atomic mass is 10.1. The molecular formula is C21H33F3IN5. The Bertz CT molecular complexity index is 670. The number of nitrogens with zero attached hydrogens (tertiary/aromatic N) is 3. The molecule has 0 radical (unpaired) electrons. The van der Waals surface area contributed by atoms with E-state index in [1.165, 1.54) is 10.5 Å². The maximum Gasteiger partial charge on any atom is 0.401 e. The first-order valence-electron chi connectivity index (χ1n) is 10.4.